The van der Waals surface area contributed by atoms with Crippen LogP contribution in [0.25, 0.3) is 0 Å². The van der Waals surface area contributed by atoms with Crippen molar-refractivity contribution in [2.24, 2.45) is 5.92 Å². The van der Waals surface area contributed by atoms with E-state index in [2.05, 4.69) is 15.3 Å². The van der Waals surface area contributed by atoms with Crippen molar-refractivity contribution in [1.29, 1.82) is 0 Å². The first kappa shape index (κ1) is 12.8. The summed E-state index contributed by atoms with van der Waals surface area (Å²) in [6.45, 7) is 0.674. The Morgan fingerprint density at radius 3 is 3.06 bits per heavy atom. The lowest BCUT2D eigenvalue weighted by Crippen LogP contribution is -2.31. The number of hydrogen-bond donors (Lipinski definition) is 3. The van der Waals surface area contributed by atoms with Crippen LogP contribution >= 0.6 is 22.6 Å². The molecule has 0 amide bonds. The van der Waals surface area contributed by atoms with Crippen LogP contribution in [0.15, 0.2) is 11.1 Å². The Balaban J connectivity index is 1.97. The Kier molecular flexibility index (Phi) is 4.38. The lowest BCUT2D eigenvalue weighted by molar-refractivity contribution is 0.0763. The molecule has 1 aliphatic rings. The maximum Gasteiger partial charge on any atom is 0.266 e. The van der Waals surface area contributed by atoms with E-state index in [0.717, 1.165) is 19.3 Å². The van der Waals surface area contributed by atoms with E-state index < -0.39 is 0 Å². The van der Waals surface area contributed by atoms with Crippen LogP contribution in [0.4, 0.5) is 5.82 Å². The highest BCUT2D eigenvalue weighted by Gasteiger charge is 2.23. The van der Waals surface area contributed by atoms with Gasteiger partial charge >= 0.3 is 0 Å². The van der Waals surface area contributed by atoms with Crippen LogP contribution < -0.4 is 10.9 Å². The number of aliphatic hydroxyl groups is 1. The maximum absolute atomic E-state index is 11.4. The summed E-state index contributed by atoms with van der Waals surface area (Å²) in [5.41, 5.74) is -0.132. The Morgan fingerprint density at radius 2 is 2.29 bits per heavy atom. The number of nitrogens with zero attached hydrogens (tertiary/aromatic N) is 1. The van der Waals surface area contributed by atoms with Gasteiger partial charge in [-0.15, -0.1) is 0 Å². The first-order valence-corrected chi connectivity index (χ1v) is 6.91. The topological polar surface area (TPSA) is 78.0 Å². The van der Waals surface area contributed by atoms with E-state index in [1.54, 1.807) is 0 Å². The zero-order valence-corrected chi connectivity index (χ0v) is 11.6. The number of rotatable bonds is 3. The molecule has 0 spiro atoms. The van der Waals surface area contributed by atoms with Crippen molar-refractivity contribution in [2.75, 3.05) is 11.9 Å². The molecule has 6 heteroatoms. The van der Waals surface area contributed by atoms with Crippen molar-refractivity contribution in [2.45, 2.75) is 31.8 Å². The quantitative estimate of drug-likeness (QED) is 0.720. The standard InChI is InChI=1S/C11H16IN3O2/c12-9-10(14-6-15-11(9)17)13-5-7-3-1-2-4-8(7)16/h6-8,16H,1-5H2,(H2,13,14,15,17). The molecule has 1 aliphatic carbocycles. The van der Waals surface area contributed by atoms with Crippen LogP contribution in [0.3, 0.4) is 0 Å². The van der Waals surface area contributed by atoms with Gasteiger partial charge in [-0.3, -0.25) is 4.79 Å². The molecule has 2 atom stereocenters. The summed E-state index contributed by atoms with van der Waals surface area (Å²) in [7, 11) is 0. The fraction of sp³-hybridized carbons (Fsp3) is 0.636. The molecule has 0 aliphatic heterocycles. The first-order valence-electron chi connectivity index (χ1n) is 5.83. The smallest absolute Gasteiger partial charge is 0.266 e. The number of anilines is 1. The van der Waals surface area contributed by atoms with Gasteiger partial charge in [0.15, 0.2) is 0 Å². The number of hydrogen-bond acceptors (Lipinski definition) is 4. The van der Waals surface area contributed by atoms with Crippen molar-refractivity contribution >= 4 is 28.4 Å². The van der Waals surface area contributed by atoms with Crippen LogP contribution in [0.1, 0.15) is 25.7 Å². The normalized spacial score (nSPS) is 24.6. The van der Waals surface area contributed by atoms with Gasteiger partial charge in [-0.05, 0) is 35.4 Å². The van der Waals surface area contributed by atoms with Crippen LogP contribution in [-0.2, 0) is 0 Å². The van der Waals surface area contributed by atoms with E-state index in [4.69, 9.17) is 0 Å². The summed E-state index contributed by atoms with van der Waals surface area (Å²) in [4.78, 5) is 18.0. The Hall–Kier alpha value is -0.630. The van der Waals surface area contributed by atoms with Gasteiger partial charge < -0.3 is 15.4 Å². The SMILES string of the molecule is O=c1[nH]cnc(NCC2CCCCC2O)c1I. The van der Waals surface area contributed by atoms with Gasteiger partial charge in [-0.1, -0.05) is 12.8 Å². The third-order valence-corrected chi connectivity index (χ3v) is 4.20. The molecule has 2 unspecified atom stereocenters. The van der Waals surface area contributed by atoms with Crippen molar-refractivity contribution in [3.63, 3.8) is 0 Å². The van der Waals surface area contributed by atoms with E-state index in [1.807, 2.05) is 22.6 Å². The average Bonchev–Trinajstić information content (AvgIpc) is 2.33. The van der Waals surface area contributed by atoms with Crippen LogP contribution in [0.2, 0.25) is 0 Å². The largest absolute Gasteiger partial charge is 0.393 e. The molecule has 3 N–H and O–H groups in total. The van der Waals surface area contributed by atoms with E-state index in [0.29, 0.717) is 15.9 Å². The molecule has 1 aromatic rings. The number of nitrogens with one attached hydrogen (secondary N) is 2. The van der Waals surface area contributed by atoms with Crippen LogP contribution in [0.5, 0.6) is 0 Å². The second-order valence-corrected chi connectivity index (χ2v) is 5.47. The second-order valence-electron chi connectivity index (χ2n) is 4.39. The lowest BCUT2D eigenvalue weighted by Gasteiger charge is -2.27. The number of halogens is 1. The number of H-pyrrole nitrogens is 1. The highest BCUT2D eigenvalue weighted by atomic mass is 127. The monoisotopic (exact) mass is 349 g/mol. The van der Waals surface area contributed by atoms with Crippen LogP contribution in [0, 0.1) is 9.49 Å². The predicted molar refractivity (Wildman–Crippen MR) is 74.0 cm³/mol. The van der Waals surface area contributed by atoms with E-state index in [-0.39, 0.29) is 17.6 Å². The van der Waals surface area contributed by atoms with Gasteiger partial charge in [0.2, 0.25) is 0 Å². The number of aliphatic hydroxyl groups excluding tert-OH is 1. The maximum atomic E-state index is 11.4. The summed E-state index contributed by atoms with van der Waals surface area (Å²) in [6.07, 6.45) is 5.36. The Morgan fingerprint density at radius 1 is 1.53 bits per heavy atom. The number of aromatic nitrogens is 2. The van der Waals surface area contributed by atoms with Crippen molar-refractivity contribution in [1.82, 2.24) is 9.97 Å². The molecule has 1 heterocycles. The van der Waals surface area contributed by atoms with E-state index >= 15 is 0 Å². The van der Waals surface area contributed by atoms with Gasteiger partial charge in [-0.25, -0.2) is 4.98 Å². The van der Waals surface area contributed by atoms with Crippen LogP contribution in [-0.4, -0.2) is 27.7 Å². The van der Waals surface area contributed by atoms with Gasteiger partial charge in [0.25, 0.3) is 5.56 Å². The summed E-state index contributed by atoms with van der Waals surface area (Å²) in [5.74, 6) is 0.868. The highest BCUT2D eigenvalue weighted by Crippen LogP contribution is 2.24. The lowest BCUT2D eigenvalue weighted by atomic mass is 9.86. The number of aromatic amines is 1. The van der Waals surface area contributed by atoms with E-state index in [9.17, 15) is 9.90 Å². The Bertz CT molecular complexity index is 435. The second kappa shape index (κ2) is 5.81. The molecule has 2 rings (SSSR count). The van der Waals surface area contributed by atoms with Crippen molar-refractivity contribution in [3.05, 3.63) is 20.3 Å². The molecule has 0 saturated heterocycles. The van der Waals surface area contributed by atoms with Crippen molar-refractivity contribution in [3.8, 4) is 0 Å². The molecular formula is C11H16IN3O2. The molecule has 0 bridgehead atoms. The molecule has 94 valence electrons. The summed E-state index contributed by atoms with van der Waals surface area (Å²) >= 11 is 1.97. The summed E-state index contributed by atoms with van der Waals surface area (Å²) < 4.78 is 0.565. The minimum atomic E-state index is -0.226. The predicted octanol–water partition coefficient (Wildman–Crippen LogP) is 1.34. The average molecular weight is 349 g/mol. The van der Waals surface area contributed by atoms with Crippen molar-refractivity contribution < 1.29 is 5.11 Å². The third kappa shape index (κ3) is 3.19. The third-order valence-electron chi connectivity index (χ3n) is 3.20. The summed E-state index contributed by atoms with van der Waals surface area (Å²) in [5, 5.41) is 13.0. The minimum absolute atomic E-state index is 0.132. The van der Waals surface area contributed by atoms with Gasteiger partial charge in [0.05, 0.1) is 12.4 Å². The van der Waals surface area contributed by atoms with Gasteiger partial charge in [0.1, 0.15) is 9.39 Å². The zero-order chi connectivity index (χ0) is 12.3. The highest BCUT2D eigenvalue weighted by molar-refractivity contribution is 14.1. The molecule has 0 aromatic carbocycles. The van der Waals surface area contributed by atoms with Gasteiger partial charge in [-0.2, -0.15) is 0 Å². The molecule has 17 heavy (non-hydrogen) atoms. The molecule has 1 aromatic heterocycles. The molecule has 5 nitrogen and oxygen atoms in total. The fourth-order valence-corrected chi connectivity index (χ4v) is 2.65. The molecule has 1 fully saturated rings. The fourth-order valence-electron chi connectivity index (χ4n) is 2.16. The minimum Gasteiger partial charge on any atom is -0.393 e. The van der Waals surface area contributed by atoms with E-state index in [1.165, 1.54) is 12.7 Å². The van der Waals surface area contributed by atoms with Gasteiger partial charge in [0, 0.05) is 12.5 Å². The molecular weight excluding hydrogens is 333 g/mol. The Labute approximate surface area is 113 Å². The first-order chi connectivity index (χ1) is 8.18. The zero-order valence-electron chi connectivity index (χ0n) is 9.45. The summed E-state index contributed by atoms with van der Waals surface area (Å²) in [6, 6.07) is 0. The molecule has 0 radical (unpaired) electrons. The molecule has 1 saturated carbocycles.